The standard InChI is InChI=1S/C11H16N4O3S/c1-8-10(11(12)14-15(8)2)19(16,17)13-6-5-9-4-3-7-18-9/h3-4,7,13H,5-6H2,1-2H3,(H2,12,14). The van der Waals surface area contributed by atoms with Crippen LogP contribution in [0, 0.1) is 6.92 Å². The average molecular weight is 284 g/mol. The summed E-state index contributed by atoms with van der Waals surface area (Å²) in [6, 6.07) is 3.55. The van der Waals surface area contributed by atoms with Crippen LogP contribution in [-0.4, -0.2) is 24.7 Å². The number of hydrogen-bond donors (Lipinski definition) is 2. The number of nitrogens with zero attached hydrogens (tertiary/aromatic N) is 2. The van der Waals surface area contributed by atoms with Gasteiger partial charge >= 0.3 is 0 Å². The summed E-state index contributed by atoms with van der Waals surface area (Å²) < 4.78 is 33.3. The number of aryl methyl sites for hydroxylation is 1. The lowest BCUT2D eigenvalue weighted by Gasteiger charge is -2.06. The highest BCUT2D eigenvalue weighted by Crippen LogP contribution is 2.20. The van der Waals surface area contributed by atoms with Gasteiger partial charge in [0, 0.05) is 20.0 Å². The predicted octanol–water partition coefficient (Wildman–Crippen LogP) is 0.425. The normalized spacial score (nSPS) is 11.9. The maximum absolute atomic E-state index is 12.1. The van der Waals surface area contributed by atoms with Crippen LogP contribution < -0.4 is 10.5 Å². The summed E-state index contributed by atoms with van der Waals surface area (Å²) >= 11 is 0. The van der Waals surface area contributed by atoms with Crippen LogP contribution in [0.25, 0.3) is 0 Å². The fourth-order valence-electron chi connectivity index (χ4n) is 1.78. The van der Waals surface area contributed by atoms with E-state index >= 15 is 0 Å². The third kappa shape index (κ3) is 2.79. The van der Waals surface area contributed by atoms with Gasteiger partial charge in [0.15, 0.2) is 5.82 Å². The summed E-state index contributed by atoms with van der Waals surface area (Å²) in [5.41, 5.74) is 6.13. The summed E-state index contributed by atoms with van der Waals surface area (Å²) in [6.45, 7) is 1.90. The van der Waals surface area contributed by atoms with Gasteiger partial charge in [-0.3, -0.25) is 4.68 Å². The van der Waals surface area contributed by atoms with Crippen molar-refractivity contribution in [3.63, 3.8) is 0 Å². The van der Waals surface area contributed by atoms with Crippen molar-refractivity contribution in [3.05, 3.63) is 29.9 Å². The second-order valence-corrected chi connectivity index (χ2v) is 5.85. The quantitative estimate of drug-likeness (QED) is 0.828. The molecule has 0 spiro atoms. The Morgan fingerprint density at radius 1 is 1.53 bits per heavy atom. The summed E-state index contributed by atoms with van der Waals surface area (Å²) in [5.74, 6) is 0.726. The van der Waals surface area contributed by atoms with Crippen molar-refractivity contribution in [3.8, 4) is 0 Å². The minimum atomic E-state index is -3.65. The molecule has 0 unspecified atom stereocenters. The maximum atomic E-state index is 12.1. The van der Waals surface area contributed by atoms with Gasteiger partial charge in [-0.05, 0) is 19.1 Å². The van der Waals surface area contributed by atoms with E-state index in [2.05, 4.69) is 9.82 Å². The van der Waals surface area contributed by atoms with Gasteiger partial charge in [-0.15, -0.1) is 0 Å². The van der Waals surface area contributed by atoms with E-state index < -0.39 is 10.0 Å². The Kier molecular flexibility index (Phi) is 3.63. The summed E-state index contributed by atoms with van der Waals surface area (Å²) in [6.07, 6.45) is 2.03. The Bertz CT molecular complexity index is 658. The zero-order valence-electron chi connectivity index (χ0n) is 10.8. The Hall–Kier alpha value is -1.80. The highest BCUT2D eigenvalue weighted by Gasteiger charge is 2.24. The molecule has 0 aliphatic rings. The second-order valence-electron chi connectivity index (χ2n) is 4.15. The van der Waals surface area contributed by atoms with Gasteiger partial charge in [0.2, 0.25) is 10.0 Å². The van der Waals surface area contributed by atoms with E-state index in [-0.39, 0.29) is 17.3 Å². The molecule has 0 fully saturated rings. The van der Waals surface area contributed by atoms with E-state index in [1.54, 1.807) is 32.4 Å². The lowest BCUT2D eigenvalue weighted by molar-refractivity contribution is 0.506. The molecule has 0 saturated heterocycles. The first-order valence-electron chi connectivity index (χ1n) is 5.73. The number of nitrogens with one attached hydrogen (secondary N) is 1. The molecule has 2 aromatic rings. The SMILES string of the molecule is Cc1c(S(=O)(=O)NCCc2ccco2)c(N)nn1C. The highest BCUT2D eigenvalue weighted by atomic mass is 32.2. The fourth-order valence-corrected chi connectivity index (χ4v) is 3.13. The molecule has 0 amide bonds. The largest absolute Gasteiger partial charge is 0.469 e. The number of nitrogens with two attached hydrogens (primary N) is 1. The Morgan fingerprint density at radius 2 is 2.26 bits per heavy atom. The van der Waals surface area contributed by atoms with Crippen molar-refractivity contribution in [2.45, 2.75) is 18.2 Å². The number of rotatable bonds is 5. The predicted molar refractivity (Wildman–Crippen MR) is 70.0 cm³/mol. The number of anilines is 1. The van der Waals surface area contributed by atoms with E-state index in [0.717, 1.165) is 5.76 Å². The molecule has 2 aromatic heterocycles. The smallest absolute Gasteiger partial charge is 0.246 e. The van der Waals surface area contributed by atoms with Crippen LogP contribution in [0.2, 0.25) is 0 Å². The summed E-state index contributed by atoms with van der Waals surface area (Å²) in [7, 11) is -2.01. The van der Waals surface area contributed by atoms with Gasteiger partial charge in [0.1, 0.15) is 10.7 Å². The topological polar surface area (TPSA) is 103 Å². The minimum absolute atomic E-state index is 0.00509. The van der Waals surface area contributed by atoms with Gasteiger partial charge in [-0.1, -0.05) is 0 Å². The van der Waals surface area contributed by atoms with E-state index in [1.165, 1.54) is 4.68 Å². The fraction of sp³-hybridized carbons (Fsp3) is 0.364. The van der Waals surface area contributed by atoms with Gasteiger partial charge in [0.05, 0.1) is 12.0 Å². The van der Waals surface area contributed by atoms with Crippen molar-refractivity contribution in [2.75, 3.05) is 12.3 Å². The number of furan rings is 1. The molecule has 0 aliphatic carbocycles. The zero-order valence-corrected chi connectivity index (χ0v) is 11.6. The van der Waals surface area contributed by atoms with Crippen LogP contribution in [0.4, 0.5) is 5.82 Å². The van der Waals surface area contributed by atoms with Crippen LogP contribution >= 0.6 is 0 Å². The molecule has 0 aliphatic heterocycles. The Balaban J connectivity index is 2.10. The molecule has 0 saturated carbocycles. The van der Waals surface area contributed by atoms with Crippen molar-refractivity contribution < 1.29 is 12.8 Å². The second kappa shape index (κ2) is 5.06. The summed E-state index contributed by atoms with van der Waals surface area (Å²) in [5, 5.41) is 3.89. The third-order valence-electron chi connectivity index (χ3n) is 2.82. The van der Waals surface area contributed by atoms with Crippen LogP contribution in [0.15, 0.2) is 27.7 Å². The molecular formula is C11H16N4O3S. The van der Waals surface area contributed by atoms with E-state index in [4.69, 9.17) is 10.2 Å². The van der Waals surface area contributed by atoms with Gasteiger partial charge < -0.3 is 10.2 Å². The Morgan fingerprint density at radius 3 is 2.79 bits per heavy atom. The van der Waals surface area contributed by atoms with E-state index in [1.807, 2.05) is 0 Å². The lowest BCUT2D eigenvalue weighted by Crippen LogP contribution is -2.27. The van der Waals surface area contributed by atoms with Crippen LogP contribution in [0.5, 0.6) is 0 Å². The average Bonchev–Trinajstić information content (AvgIpc) is 2.88. The van der Waals surface area contributed by atoms with Crippen molar-refractivity contribution in [2.24, 2.45) is 7.05 Å². The van der Waals surface area contributed by atoms with E-state index in [0.29, 0.717) is 12.1 Å². The minimum Gasteiger partial charge on any atom is -0.469 e. The van der Waals surface area contributed by atoms with Crippen molar-refractivity contribution in [1.29, 1.82) is 0 Å². The summed E-state index contributed by atoms with van der Waals surface area (Å²) in [4.78, 5) is 0.0365. The molecule has 0 aromatic carbocycles. The van der Waals surface area contributed by atoms with Crippen LogP contribution in [0.3, 0.4) is 0 Å². The first-order valence-corrected chi connectivity index (χ1v) is 7.21. The molecule has 2 rings (SSSR count). The first-order chi connectivity index (χ1) is 8.92. The zero-order chi connectivity index (χ0) is 14.0. The number of aromatic nitrogens is 2. The molecule has 19 heavy (non-hydrogen) atoms. The molecule has 0 atom stereocenters. The third-order valence-corrected chi connectivity index (χ3v) is 4.44. The molecular weight excluding hydrogens is 268 g/mol. The maximum Gasteiger partial charge on any atom is 0.246 e. The number of sulfonamides is 1. The van der Waals surface area contributed by atoms with Gasteiger partial charge in [-0.2, -0.15) is 5.10 Å². The number of nitrogen functional groups attached to an aromatic ring is 1. The monoisotopic (exact) mass is 284 g/mol. The molecule has 0 bridgehead atoms. The molecule has 104 valence electrons. The van der Waals surface area contributed by atoms with E-state index in [9.17, 15) is 8.42 Å². The highest BCUT2D eigenvalue weighted by molar-refractivity contribution is 7.89. The van der Waals surface area contributed by atoms with Crippen molar-refractivity contribution >= 4 is 15.8 Å². The number of hydrogen-bond acceptors (Lipinski definition) is 5. The Labute approximate surface area is 111 Å². The van der Waals surface area contributed by atoms with Gasteiger partial charge in [0.25, 0.3) is 0 Å². The lowest BCUT2D eigenvalue weighted by atomic mass is 10.3. The molecule has 3 N–H and O–H groups in total. The molecule has 0 radical (unpaired) electrons. The first kappa shape index (κ1) is 13.6. The molecule has 8 heteroatoms. The van der Waals surface area contributed by atoms with Crippen LogP contribution in [-0.2, 0) is 23.5 Å². The van der Waals surface area contributed by atoms with Crippen molar-refractivity contribution in [1.82, 2.24) is 14.5 Å². The molecule has 2 heterocycles. The molecule has 7 nitrogen and oxygen atoms in total. The van der Waals surface area contributed by atoms with Gasteiger partial charge in [-0.25, -0.2) is 13.1 Å². The van der Waals surface area contributed by atoms with Crippen LogP contribution in [0.1, 0.15) is 11.5 Å².